The quantitative estimate of drug-likeness (QED) is 0.735. The number of rotatable bonds is 4. The van der Waals surface area contributed by atoms with Crippen molar-refractivity contribution in [3.05, 3.63) is 28.8 Å². The van der Waals surface area contributed by atoms with Gasteiger partial charge >= 0.3 is 5.97 Å². The van der Waals surface area contributed by atoms with Crippen LogP contribution in [0.3, 0.4) is 0 Å². The van der Waals surface area contributed by atoms with E-state index in [1.165, 1.54) is 0 Å². The van der Waals surface area contributed by atoms with E-state index in [1.54, 1.807) is 19.1 Å². The smallest absolute Gasteiger partial charge is 0.338 e. The van der Waals surface area contributed by atoms with Crippen molar-refractivity contribution in [2.24, 2.45) is 0 Å². The molecule has 0 aliphatic heterocycles. The van der Waals surface area contributed by atoms with Gasteiger partial charge in [-0.1, -0.05) is 0 Å². The number of carbonyl (C=O) groups excluding carboxylic acids is 1. The normalized spacial score (nSPS) is 10.0. The van der Waals surface area contributed by atoms with E-state index in [9.17, 15) is 4.79 Å². The number of aryl methyl sites for hydroxylation is 2. The summed E-state index contributed by atoms with van der Waals surface area (Å²) in [6, 6.07) is 3.60. The first kappa shape index (κ1) is 12.6. The average Bonchev–Trinajstić information content (AvgIpc) is 2.23. The summed E-state index contributed by atoms with van der Waals surface area (Å²) in [7, 11) is 0. The first-order valence-electron chi connectivity index (χ1n) is 5.51. The second-order valence-electron chi connectivity index (χ2n) is 3.59. The fourth-order valence-electron chi connectivity index (χ4n) is 1.65. The average molecular weight is 222 g/mol. The van der Waals surface area contributed by atoms with Gasteiger partial charge in [0.05, 0.1) is 18.8 Å². The van der Waals surface area contributed by atoms with E-state index in [0.717, 1.165) is 16.9 Å². The first-order valence-corrected chi connectivity index (χ1v) is 5.51. The van der Waals surface area contributed by atoms with Crippen LogP contribution in [0.2, 0.25) is 0 Å². The Morgan fingerprint density at radius 2 is 1.69 bits per heavy atom. The van der Waals surface area contributed by atoms with Crippen LogP contribution < -0.4 is 4.74 Å². The van der Waals surface area contributed by atoms with Crippen molar-refractivity contribution in [1.82, 2.24) is 0 Å². The van der Waals surface area contributed by atoms with Crippen molar-refractivity contribution in [1.29, 1.82) is 0 Å². The third kappa shape index (κ3) is 2.75. The summed E-state index contributed by atoms with van der Waals surface area (Å²) in [6.07, 6.45) is 0. The Kier molecular flexibility index (Phi) is 4.35. The van der Waals surface area contributed by atoms with Gasteiger partial charge in [-0.3, -0.25) is 0 Å². The highest BCUT2D eigenvalue weighted by molar-refractivity contribution is 5.90. The predicted octanol–water partition coefficient (Wildman–Crippen LogP) is 2.88. The summed E-state index contributed by atoms with van der Waals surface area (Å²) in [5.41, 5.74) is 2.51. The van der Waals surface area contributed by atoms with Gasteiger partial charge in [0, 0.05) is 0 Å². The lowest BCUT2D eigenvalue weighted by atomic mass is 10.1. The Morgan fingerprint density at radius 1 is 1.12 bits per heavy atom. The predicted molar refractivity (Wildman–Crippen MR) is 63.0 cm³/mol. The van der Waals surface area contributed by atoms with Gasteiger partial charge in [-0.25, -0.2) is 4.79 Å². The molecule has 0 radical (unpaired) electrons. The fraction of sp³-hybridized carbons (Fsp3) is 0.462. The van der Waals surface area contributed by atoms with Crippen LogP contribution in [0.5, 0.6) is 5.75 Å². The molecule has 3 nitrogen and oxygen atoms in total. The number of esters is 1. The Labute approximate surface area is 96.4 Å². The van der Waals surface area contributed by atoms with E-state index in [-0.39, 0.29) is 5.97 Å². The SMILES string of the molecule is CCOC(=O)c1cc(C)c(OCC)c(C)c1. The van der Waals surface area contributed by atoms with E-state index < -0.39 is 0 Å². The number of hydrogen-bond donors (Lipinski definition) is 0. The molecule has 1 aromatic carbocycles. The summed E-state index contributed by atoms with van der Waals surface area (Å²) < 4.78 is 10.5. The molecule has 0 spiro atoms. The molecule has 0 saturated carbocycles. The molecule has 1 aromatic rings. The molecule has 0 aliphatic carbocycles. The molecule has 3 heteroatoms. The third-order valence-electron chi connectivity index (χ3n) is 2.26. The fourth-order valence-corrected chi connectivity index (χ4v) is 1.65. The highest BCUT2D eigenvalue weighted by Gasteiger charge is 2.11. The molecule has 0 aliphatic rings. The zero-order valence-electron chi connectivity index (χ0n) is 10.3. The maximum Gasteiger partial charge on any atom is 0.338 e. The van der Waals surface area contributed by atoms with Gasteiger partial charge in [0.25, 0.3) is 0 Å². The topological polar surface area (TPSA) is 35.5 Å². The van der Waals surface area contributed by atoms with Gasteiger partial charge in [0.15, 0.2) is 0 Å². The minimum atomic E-state index is -0.281. The number of benzene rings is 1. The van der Waals surface area contributed by atoms with Crippen LogP contribution in [-0.4, -0.2) is 19.2 Å². The Bertz CT molecular complexity index is 360. The van der Waals surface area contributed by atoms with Gasteiger partial charge < -0.3 is 9.47 Å². The second-order valence-corrected chi connectivity index (χ2v) is 3.59. The Balaban J connectivity index is 3.04. The van der Waals surface area contributed by atoms with E-state index >= 15 is 0 Å². The van der Waals surface area contributed by atoms with Crippen LogP contribution in [0.4, 0.5) is 0 Å². The summed E-state index contributed by atoms with van der Waals surface area (Å²) in [5, 5.41) is 0. The summed E-state index contributed by atoms with van der Waals surface area (Å²) in [6.45, 7) is 8.62. The van der Waals surface area contributed by atoms with Crippen molar-refractivity contribution in [3.63, 3.8) is 0 Å². The highest BCUT2D eigenvalue weighted by Crippen LogP contribution is 2.25. The van der Waals surface area contributed by atoms with Crippen LogP contribution in [0.1, 0.15) is 35.3 Å². The molecular weight excluding hydrogens is 204 g/mol. The second kappa shape index (κ2) is 5.54. The molecule has 0 heterocycles. The minimum absolute atomic E-state index is 0.281. The van der Waals surface area contributed by atoms with Crippen LogP contribution in [0.15, 0.2) is 12.1 Å². The zero-order valence-corrected chi connectivity index (χ0v) is 10.3. The largest absolute Gasteiger partial charge is 0.493 e. The van der Waals surface area contributed by atoms with E-state index in [2.05, 4.69) is 0 Å². The lowest BCUT2D eigenvalue weighted by Gasteiger charge is -2.12. The van der Waals surface area contributed by atoms with Crippen molar-refractivity contribution in [3.8, 4) is 5.75 Å². The van der Waals surface area contributed by atoms with Crippen molar-refractivity contribution >= 4 is 5.97 Å². The molecule has 16 heavy (non-hydrogen) atoms. The Hall–Kier alpha value is -1.51. The monoisotopic (exact) mass is 222 g/mol. The van der Waals surface area contributed by atoms with Crippen LogP contribution in [0.25, 0.3) is 0 Å². The maximum absolute atomic E-state index is 11.6. The summed E-state index contributed by atoms with van der Waals surface area (Å²) in [5.74, 6) is 0.576. The molecule has 0 fully saturated rings. The summed E-state index contributed by atoms with van der Waals surface area (Å²) >= 11 is 0. The molecule has 0 amide bonds. The van der Waals surface area contributed by atoms with Crippen molar-refractivity contribution < 1.29 is 14.3 Å². The van der Waals surface area contributed by atoms with Crippen LogP contribution in [0, 0.1) is 13.8 Å². The highest BCUT2D eigenvalue weighted by atomic mass is 16.5. The third-order valence-corrected chi connectivity index (χ3v) is 2.26. The first-order chi connectivity index (χ1) is 7.60. The zero-order chi connectivity index (χ0) is 12.1. The van der Waals surface area contributed by atoms with Gasteiger partial charge in [-0.05, 0) is 51.0 Å². The van der Waals surface area contributed by atoms with Crippen molar-refractivity contribution in [2.45, 2.75) is 27.7 Å². The maximum atomic E-state index is 11.6. The van der Waals surface area contributed by atoms with E-state index in [1.807, 2.05) is 20.8 Å². The molecule has 1 rings (SSSR count). The van der Waals surface area contributed by atoms with Crippen LogP contribution >= 0.6 is 0 Å². The molecule has 88 valence electrons. The minimum Gasteiger partial charge on any atom is -0.493 e. The molecule has 0 N–H and O–H groups in total. The standard InChI is InChI=1S/C13H18O3/c1-5-15-12-9(3)7-11(8-10(12)4)13(14)16-6-2/h7-8H,5-6H2,1-4H3. The summed E-state index contributed by atoms with van der Waals surface area (Å²) in [4.78, 5) is 11.6. The lowest BCUT2D eigenvalue weighted by Crippen LogP contribution is -2.06. The number of carbonyl (C=O) groups is 1. The molecule has 0 saturated heterocycles. The van der Waals surface area contributed by atoms with Crippen molar-refractivity contribution in [2.75, 3.05) is 13.2 Å². The van der Waals surface area contributed by atoms with Gasteiger partial charge in [0.1, 0.15) is 5.75 Å². The molecule has 0 unspecified atom stereocenters. The Morgan fingerprint density at radius 3 is 2.12 bits per heavy atom. The number of hydrogen-bond acceptors (Lipinski definition) is 3. The van der Waals surface area contributed by atoms with E-state index in [4.69, 9.17) is 9.47 Å². The molecule has 0 atom stereocenters. The van der Waals surface area contributed by atoms with Crippen LogP contribution in [-0.2, 0) is 4.74 Å². The molecule has 0 aromatic heterocycles. The van der Waals surface area contributed by atoms with Gasteiger partial charge in [-0.2, -0.15) is 0 Å². The van der Waals surface area contributed by atoms with Gasteiger partial charge in [0.2, 0.25) is 0 Å². The molecule has 0 bridgehead atoms. The molecular formula is C13H18O3. The van der Waals surface area contributed by atoms with Gasteiger partial charge in [-0.15, -0.1) is 0 Å². The van der Waals surface area contributed by atoms with E-state index in [0.29, 0.717) is 18.8 Å². The number of ether oxygens (including phenoxy) is 2. The lowest BCUT2D eigenvalue weighted by molar-refractivity contribution is 0.0526.